The van der Waals surface area contributed by atoms with Gasteiger partial charge in [-0.15, -0.1) is 0 Å². The van der Waals surface area contributed by atoms with Crippen LogP contribution >= 0.6 is 0 Å². The molecule has 0 aliphatic rings. The Morgan fingerprint density at radius 2 is 0.829 bits per heavy atom. The lowest BCUT2D eigenvalue weighted by Crippen LogP contribution is -2.46. The molecule has 3 unspecified atom stereocenters. The van der Waals surface area contributed by atoms with Gasteiger partial charge in [-0.25, -0.2) is 0 Å². The number of aliphatic hydroxyl groups excluding tert-OH is 3. The quantitative estimate of drug-likeness (QED) is 0.0579. The van der Waals surface area contributed by atoms with Gasteiger partial charge in [-0.3, -0.25) is 4.79 Å². The Hall–Kier alpha value is -0.650. The number of unbranched alkanes of at least 4 members (excludes halogenated alkanes) is 24. The van der Waals surface area contributed by atoms with Crippen molar-refractivity contribution < 1.29 is 20.1 Å². The molecule has 0 rings (SSSR count). The van der Waals surface area contributed by atoms with Crippen molar-refractivity contribution in [1.29, 1.82) is 0 Å². The Bertz CT molecular complexity index is 530. The van der Waals surface area contributed by atoms with Crippen molar-refractivity contribution in [3.05, 3.63) is 0 Å². The van der Waals surface area contributed by atoms with E-state index in [1.54, 1.807) is 0 Å². The zero-order valence-electron chi connectivity index (χ0n) is 27.7. The Balaban J connectivity index is 3.62. The van der Waals surface area contributed by atoms with Crippen molar-refractivity contribution >= 4 is 5.91 Å². The predicted octanol–water partition coefficient (Wildman–Crippen LogP) is 9.54. The summed E-state index contributed by atoms with van der Waals surface area (Å²) in [6, 6.07) is -0.649. The second-order valence-corrected chi connectivity index (χ2v) is 12.8. The van der Waals surface area contributed by atoms with Gasteiger partial charge in [0.2, 0.25) is 5.91 Å². The summed E-state index contributed by atoms with van der Waals surface area (Å²) in [5.41, 5.74) is 0. The maximum atomic E-state index is 12.3. The van der Waals surface area contributed by atoms with Crippen LogP contribution in [0.1, 0.15) is 200 Å². The molecule has 0 heterocycles. The number of aliphatic hydroxyl groups is 3. The molecule has 246 valence electrons. The van der Waals surface area contributed by atoms with E-state index in [4.69, 9.17) is 0 Å². The first-order chi connectivity index (χ1) is 20.0. The van der Waals surface area contributed by atoms with Gasteiger partial charge in [0.25, 0.3) is 0 Å². The fraction of sp³-hybridized carbons (Fsp3) is 0.972. The van der Waals surface area contributed by atoms with Gasteiger partial charge in [-0.1, -0.05) is 181 Å². The van der Waals surface area contributed by atoms with E-state index < -0.39 is 18.2 Å². The average molecular weight is 584 g/mol. The molecule has 5 heteroatoms. The first kappa shape index (κ1) is 40.4. The highest BCUT2D eigenvalue weighted by Crippen LogP contribution is 2.16. The van der Waals surface area contributed by atoms with Gasteiger partial charge in [0, 0.05) is 0 Å². The molecule has 3 atom stereocenters. The second-order valence-electron chi connectivity index (χ2n) is 12.8. The SMILES string of the molecule is CCCCCCCCCCCCCCCCCCC(O)CC(=O)NC(CO)C(O)CCCCCCCCCCCC. The molecule has 0 fully saturated rings. The third-order valence-electron chi connectivity index (χ3n) is 8.67. The van der Waals surface area contributed by atoms with Crippen molar-refractivity contribution in [2.24, 2.45) is 0 Å². The lowest BCUT2D eigenvalue weighted by molar-refractivity contribution is -0.125. The van der Waals surface area contributed by atoms with Crippen LogP contribution in [0.2, 0.25) is 0 Å². The van der Waals surface area contributed by atoms with Crippen LogP contribution < -0.4 is 5.32 Å². The van der Waals surface area contributed by atoms with Gasteiger partial charge in [0.1, 0.15) is 0 Å². The first-order valence-corrected chi connectivity index (χ1v) is 18.3. The summed E-state index contributed by atoms with van der Waals surface area (Å²) in [6.07, 6.45) is 33.4. The molecule has 0 radical (unpaired) electrons. The molecule has 1 amide bonds. The van der Waals surface area contributed by atoms with Crippen molar-refractivity contribution in [2.45, 2.75) is 218 Å². The van der Waals surface area contributed by atoms with E-state index in [1.165, 1.54) is 141 Å². The molecule has 0 bridgehead atoms. The van der Waals surface area contributed by atoms with Crippen LogP contribution in [-0.4, -0.2) is 46.1 Å². The maximum Gasteiger partial charge on any atom is 0.222 e. The summed E-state index contributed by atoms with van der Waals surface area (Å²) in [5.74, 6) is -0.282. The minimum atomic E-state index is -0.740. The zero-order chi connectivity index (χ0) is 30.2. The van der Waals surface area contributed by atoms with Crippen LogP contribution in [-0.2, 0) is 4.79 Å². The van der Waals surface area contributed by atoms with Crippen LogP contribution in [0.25, 0.3) is 0 Å². The summed E-state index contributed by atoms with van der Waals surface area (Å²) in [7, 11) is 0. The summed E-state index contributed by atoms with van der Waals surface area (Å²) in [4.78, 5) is 12.3. The number of hydrogen-bond donors (Lipinski definition) is 4. The predicted molar refractivity (Wildman–Crippen MR) is 176 cm³/mol. The van der Waals surface area contributed by atoms with Crippen LogP contribution in [0.4, 0.5) is 0 Å². The van der Waals surface area contributed by atoms with Crippen LogP contribution in [0.15, 0.2) is 0 Å². The summed E-state index contributed by atoms with van der Waals surface area (Å²) < 4.78 is 0. The van der Waals surface area contributed by atoms with E-state index in [2.05, 4.69) is 19.2 Å². The van der Waals surface area contributed by atoms with Gasteiger partial charge in [0.05, 0.1) is 31.3 Å². The zero-order valence-corrected chi connectivity index (χ0v) is 27.7. The molecule has 5 nitrogen and oxygen atoms in total. The third-order valence-corrected chi connectivity index (χ3v) is 8.67. The molecule has 0 aromatic heterocycles. The molecule has 0 saturated carbocycles. The molecule has 41 heavy (non-hydrogen) atoms. The molecule has 4 N–H and O–H groups in total. The molecule has 0 aliphatic heterocycles. The monoisotopic (exact) mass is 584 g/mol. The van der Waals surface area contributed by atoms with Gasteiger partial charge in [-0.2, -0.15) is 0 Å². The van der Waals surface area contributed by atoms with Crippen molar-refractivity contribution in [3.8, 4) is 0 Å². The molecular weight excluding hydrogens is 510 g/mol. The van der Waals surface area contributed by atoms with E-state index in [0.29, 0.717) is 12.8 Å². The average Bonchev–Trinajstić information content (AvgIpc) is 2.96. The normalized spacial score (nSPS) is 13.8. The number of carbonyl (C=O) groups excluding carboxylic acids is 1. The highest BCUT2D eigenvalue weighted by molar-refractivity contribution is 5.76. The fourth-order valence-corrected chi connectivity index (χ4v) is 5.82. The first-order valence-electron chi connectivity index (χ1n) is 18.3. The van der Waals surface area contributed by atoms with Gasteiger partial charge < -0.3 is 20.6 Å². The fourth-order valence-electron chi connectivity index (χ4n) is 5.82. The number of hydrogen-bond acceptors (Lipinski definition) is 4. The molecule has 0 aliphatic carbocycles. The molecule has 0 aromatic rings. The van der Waals surface area contributed by atoms with Crippen LogP contribution in [0, 0.1) is 0 Å². The molecule has 0 spiro atoms. The largest absolute Gasteiger partial charge is 0.394 e. The second kappa shape index (κ2) is 32.3. The van der Waals surface area contributed by atoms with Gasteiger partial charge >= 0.3 is 0 Å². The van der Waals surface area contributed by atoms with E-state index in [0.717, 1.165) is 25.7 Å². The molecule has 0 aromatic carbocycles. The number of nitrogens with one attached hydrogen (secondary N) is 1. The highest BCUT2D eigenvalue weighted by atomic mass is 16.3. The lowest BCUT2D eigenvalue weighted by atomic mass is 10.0. The van der Waals surface area contributed by atoms with Crippen LogP contribution in [0.5, 0.6) is 0 Å². The number of rotatable bonds is 33. The smallest absolute Gasteiger partial charge is 0.222 e. The van der Waals surface area contributed by atoms with Crippen molar-refractivity contribution in [1.82, 2.24) is 5.32 Å². The van der Waals surface area contributed by atoms with E-state index >= 15 is 0 Å². The van der Waals surface area contributed by atoms with Gasteiger partial charge in [-0.05, 0) is 12.8 Å². The van der Waals surface area contributed by atoms with E-state index in [9.17, 15) is 20.1 Å². The Kier molecular flexibility index (Phi) is 31.8. The summed E-state index contributed by atoms with van der Waals surface area (Å²) in [6.45, 7) is 4.24. The Morgan fingerprint density at radius 1 is 0.512 bits per heavy atom. The highest BCUT2D eigenvalue weighted by Gasteiger charge is 2.21. The summed E-state index contributed by atoms with van der Waals surface area (Å²) in [5, 5.41) is 33.1. The minimum absolute atomic E-state index is 0.0419. The van der Waals surface area contributed by atoms with Crippen LogP contribution in [0.3, 0.4) is 0 Å². The number of amides is 1. The van der Waals surface area contributed by atoms with Crippen molar-refractivity contribution in [2.75, 3.05) is 6.61 Å². The topological polar surface area (TPSA) is 89.8 Å². The molecule has 0 saturated heterocycles. The Labute approximate surface area is 256 Å². The summed E-state index contributed by atoms with van der Waals surface area (Å²) >= 11 is 0. The van der Waals surface area contributed by atoms with E-state index in [1.807, 2.05) is 0 Å². The third kappa shape index (κ3) is 29.2. The lowest BCUT2D eigenvalue weighted by Gasteiger charge is -2.23. The maximum absolute atomic E-state index is 12.3. The number of carbonyl (C=O) groups is 1. The van der Waals surface area contributed by atoms with Gasteiger partial charge in [0.15, 0.2) is 0 Å². The molecular formula is C36H73NO4. The van der Waals surface area contributed by atoms with E-state index in [-0.39, 0.29) is 18.9 Å². The standard InChI is InChI=1S/C36H73NO4/c1-3-5-7-9-11-13-15-16-17-18-19-20-21-23-25-27-29-33(39)31-36(41)37-34(32-38)35(40)30-28-26-24-22-14-12-10-8-6-4-2/h33-35,38-40H,3-32H2,1-2H3,(H,37,41). The Morgan fingerprint density at radius 3 is 1.17 bits per heavy atom. The van der Waals surface area contributed by atoms with Crippen molar-refractivity contribution in [3.63, 3.8) is 0 Å². The minimum Gasteiger partial charge on any atom is -0.394 e.